The van der Waals surface area contributed by atoms with Gasteiger partial charge in [0.15, 0.2) is 0 Å². The summed E-state index contributed by atoms with van der Waals surface area (Å²) in [5.74, 6) is -2.68. The fraction of sp³-hybridized carbons (Fsp3) is 0.562. The van der Waals surface area contributed by atoms with Gasteiger partial charge in [0.1, 0.15) is 12.1 Å². The topological polar surface area (TPSA) is 200 Å². The number of aliphatic hydroxyl groups excluding tert-OH is 1. The van der Waals surface area contributed by atoms with Crippen LogP contribution in [0.2, 0.25) is 0 Å². The largest absolute Gasteiger partial charge is 0.480 e. The van der Waals surface area contributed by atoms with Crippen molar-refractivity contribution in [3.8, 4) is 0 Å². The Labute approximate surface area is 171 Å². The van der Waals surface area contributed by atoms with Crippen LogP contribution in [0.5, 0.6) is 0 Å². The molecule has 29 heavy (non-hydrogen) atoms. The number of nitrogens with zero attached hydrogens (tertiary/aromatic N) is 1. The lowest BCUT2D eigenvalue weighted by Crippen LogP contribution is -2.55. The van der Waals surface area contributed by atoms with Gasteiger partial charge in [-0.15, -0.1) is 0 Å². The maximum Gasteiger partial charge on any atom is 0.328 e. The first kappa shape index (κ1) is 24.4. The van der Waals surface area contributed by atoms with Crippen LogP contribution in [0.1, 0.15) is 12.1 Å². The maximum atomic E-state index is 12.4. The monoisotopic (exact) mass is 430 g/mol. The molecule has 1 aromatic rings. The van der Waals surface area contributed by atoms with Crippen molar-refractivity contribution in [1.82, 2.24) is 25.9 Å². The van der Waals surface area contributed by atoms with Crippen molar-refractivity contribution in [3.05, 3.63) is 18.2 Å². The first-order valence-corrected chi connectivity index (χ1v) is 10.1. The summed E-state index contributed by atoms with van der Waals surface area (Å²) in [4.78, 5) is 54.0. The quantitative estimate of drug-likeness (QED) is 0.173. The zero-order valence-corrected chi connectivity index (χ0v) is 16.7. The van der Waals surface area contributed by atoms with Gasteiger partial charge in [-0.3, -0.25) is 14.4 Å². The summed E-state index contributed by atoms with van der Waals surface area (Å²) < 4.78 is 0. The summed E-state index contributed by atoms with van der Waals surface area (Å²) in [6.45, 7) is -1.21. The summed E-state index contributed by atoms with van der Waals surface area (Å²) in [6.07, 6.45) is 5.16. The van der Waals surface area contributed by atoms with Crippen LogP contribution in [0.4, 0.5) is 0 Å². The van der Waals surface area contributed by atoms with Gasteiger partial charge in [0.05, 0.1) is 25.5 Å². The van der Waals surface area contributed by atoms with Crippen molar-refractivity contribution in [1.29, 1.82) is 0 Å². The minimum Gasteiger partial charge on any atom is -0.480 e. The molecule has 3 atom stereocenters. The van der Waals surface area contributed by atoms with E-state index in [0.717, 1.165) is 0 Å². The fourth-order valence-corrected chi connectivity index (χ4v) is 2.69. The van der Waals surface area contributed by atoms with E-state index < -0.39 is 55.0 Å². The van der Waals surface area contributed by atoms with E-state index in [1.54, 1.807) is 11.8 Å². The average Bonchev–Trinajstić information content (AvgIpc) is 3.20. The van der Waals surface area contributed by atoms with Crippen molar-refractivity contribution < 1.29 is 29.4 Å². The molecule has 13 heteroatoms. The van der Waals surface area contributed by atoms with Crippen LogP contribution < -0.4 is 21.7 Å². The van der Waals surface area contributed by atoms with Gasteiger partial charge in [-0.05, 0) is 18.4 Å². The number of rotatable bonds is 13. The molecule has 0 aliphatic carbocycles. The van der Waals surface area contributed by atoms with Gasteiger partial charge >= 0.3 is 5.97 Å². The number of aliphatic hydroxyl groups is 1. The molecule has 0 fully saturated rings. The Kier molecular flexibility index (Phi) is 10.7. The number of aromatic nitrogens is 2. The zero-order valence-electron chi connectivity index (χ0n) is 15.9. The molecule has 0 radical (unpaired) electrons. The first-order valence-electron chi connectivity index (χ1n) is 8.71. The van der Waals surface area contributed by atoms with Crippen LogP contribution in [0.3, 0.4) is 0 Å². The molecule has 1 aromatic heterocycles. The fourth-order valence-electron chi connectivity index (χ4n) is 2.20. The Bertz CT molecular complexity index is 685. The summed E-state index contributed by atoms with van der Waals surface area (Å²) >= 11 is 1.54. The number of carboxylic acids is 1. The van der Waals surface area contributed by atoms with E-state index in [1.807, 2.05) is 6.26 Å². The number of carboxylic acid groups (broad SMARTS) is 1. The zero-order chi connectivity index (χ0) is 21.8. The number of hydrogen-bond donors (Lipinski definition) is 7. The predicted molar refractivity (Wildman–Crippen MR) is 105 cm³/mol. The number of thioether (sulfide) groups is 1. The number of nitrogens with one attached hydrogen (secondary N) is 4. The minimum atomic E-state index is -1.52. The van der Waals surface area contributed by atoms with Crippen LogP contribution in [0.15, 0.2) is 12.5 Å². The third-order valence-electron chi connectivity index (χ3n) is 3.82. The molecule has 0 aliphatic rings. The van der Waals surface area contributed by atoms with Crippen LogP contribution in [-0.4, -0.2) is 87.2 Å². The lowest BCUT2D eigenvalue weighted by Gasteiger charge is -2.20. The highest BCUT2D eigenvalue weighted by Crippen LogP contribution is 2.01. The molecule has 8 N–H and O–H groups in total. The van der Waals surface area contributed by atoms with Crippen LogP contribution in [-0.2, 0) is 25.6 Å². The van der Waals surface area contributed by atoms with Crippen LogP contribution >= 0.6 is 11.8 Å². The molecule has 1 rings (SSSR count). The molecule has 0 aromatic carbocycles. The molecule has 12 nitrogen and oxygen atoms in total. The Morgan fingerprint density at radius 2 is 1.97 bits per heavy atom. The summed E-state index contributed by atoms with van der Waals surface area (Å²) in [5.41, 5.74) is 6.23. The number of aromatic amines is 1. The van der Waals surface area contributed by atoms with Crippen molar-refractivity contribution in [2.45, 2.75) is 31.0 Å². The molecule has 0 bridgehead atoms. The van der Waals surface area contributed by atoms with Gasteiger partial charge in [0.25, 0.3) is 0 Å². The van der Waals surface area contributed by atoms with Gasteiger partial charge in [-0.1, -0.05) is 0 Å². The summed E-state index contributed by atoms with van der Waals surface area (Å²) in [5, 5.41) is 25.0. The number of carbonyl (C=O) groups excluding carboxylic acids is 3. The number of imidazole rings is 1. The van der Waals surface area contributed by atoms with E-state index in [-0.39, 0.29) is 6.42 Å². The molecule has 0 saturated carbocycles. The number of H-pyrrole nitrogens is 1. The molecular weight excluding hydrogens is 404 g/mol. The summed E-state index contributed by atoms with van der Waals surface area (Å²) in [7, 11) is 0. The van der Waals surface area contributed by atoms with E-state index in [0.29, 0.717) is 17.9 Å². The van der Waals surface area contributed by atoms with E-state index in [1.165, 1.54) is 12.5 Å². The van der Waals surface area contributed by atoms with Gasteiger partial charge in [-0.25, -0.2) is 9.78 Å². The van der Waals surface area contributed by atoms with E-state index in [4.69, 9.17) is 15.9 Å². The van der Waals surface area contributed by atoms with Crippen molar-refractivity contribution in [2.24, 2.45) is 5.73 Å². The molecule has 162 valence electrons. The molecule has 0 saturated heterocycles. The molecule has 0 aliphatic heterocycles. The van der Waals surface area contributed by atoms with Gasteiger partial charge in [0, 0.05) is 18.3 Å². The van der Waals surface area contributed by atoms with Crippen molar-refractivity contribution >= 4 is 35.5 Å². The van der Waals surface area contributed by atoms with E-state index >= 15 is 0 Å². The lowest BCUT2D eigenvalue weighted by molar-refractivity contribution is -0.143. The Hall–Kier alpha value is -2.64. The normalized spacial score (nSPS) is 13.8. The average molecular weight is 430 g/mol. The van der Waals surface area contributed by atoms with Crippen LogP contribution in [0, 0.1) is 0 Å². The van der Waals surface area contributed by atoms with E-state index in [9.17, 15) is 19.2 Å². The number of amides is 3. The standard InChI is InChI=1S/C16H26N6O6S/c1-29-3-2-10(17)14(25)19-6-13(24)21-11(4-9-5-18-8-20-9)15(26)22-12(7-23)16(27)28/h5,8,10-12,23H,2-4,6-7,17H2,1H3,(H,18,20)(H,19,25)(H,21,24)(H,22,26)(H,27,28). The number of nitrogens with two attached hydrogens (primary N) is 1. The number of carbonyl (C=O) groups is 4. The Balaban J connectivity index is 2.68. The maximum absolute atomic E-state index is 12.4. The smallest absolute Gasteiger partial charge is 0.328 e. The molecular formula is C16H26N6O6S. The molecule has 1 heterocycles. The molecule has 0 spiro atoms. The van der Waals surface area contributed by atoms with Crippen LogP contribution in [0.25, 0.3) is 0 Å². The highest BCUT2D eigenvalue weighted by molar-refractivity contribution is 7.98. The first-order chi connectivity index (χ1) is 13.8. The minimum absolute atomic E-state index is 0.00345. The number of hydrogen-bond acceptors (Lipinski definition) is 8. The number of aliphatic carboxylic acids is 1. The Morgan fingerprint density at radius 3 is 2.52 bits per heavy atom. The predicted octanol–water partition coefficient (Wildman–Crippen LogP) is -2.80. The third kappa shape index (κ3) is 8.93. The second-order valence-corrected chi connectivity index (χ2v) is 7.07. The molecule has 3 unspecified atom stereocenters. The van der Waals surface area contributed by atoms with Gasteiger partial charge < -0.3 is 36.9 Å². The Morgan fingerprint density at radius 1 is 1.24 bits per heavy atom. The molecule has 3 amide bonds. The van der Waals surface area contributed by atoms with Crippen molar-refractivity contribution in [3.63, 3.8) is 0 Å². The van der Waals surface area contributed by atoms with Crippen molar-refractivity contribution in [2.75, 3.05) is 25.2 Å². The van der Waals surface area contributed by atoms with Gasteiger partial charge in [0.2, 0.25) is 17.7 Å². The summed E-state index contributed by atoms with van der Waals surface area (Å²) in [6, 6.07) is -3.42. The second kappa shape index (κ2) is 12.7. The lowest BCUT2D eigenvalue weighted by atomic mass is 10.1. The highest BCUT2D eigenvalue weighted by Gasteiger charge is 2.27. The van der Waals surface area contributed by atoms with E-state index in [2.05, 4.69) is 25.9 Å². The SMILES string of the molecule is CSCCC(N)C(=O)NCC(=O)NC(Cc1cnc[nH]1)C(=O)NC(CO)C(=O)O. The van der Waals surface area contributed by atoms with Gasteiger partial charge in [-0.2, -0.15) is 11.8 Å². The highest BCUT2D eigenvalue weighted by atomic mass is 32.2. The third-order valence-corrected chi connectivity index (χ3v) is 4.46. The second-order valence-electron chi connectivity index (χ2n) is 6.09.